The first kappa shape index (κ1) is 19.9. The largest absolute Gasteiger partial charge is 0.454 e. The zero-order chi connectivity index (χ0) is 20.2. The molecule has 6 nitrogen and oxygen atoms in total. The van der Waals surface area contributed by atoms with Gasteiger partial charge in [-0.15, -0.1) is 11.3 Å². The number of hydrogen-bond donors (Lipinski definition) is 1. The first-order valence-electron chi connectivity index (χ1n) is 8.62. The van der Waals surface area contributed by atoms with Crippen molar-refractivity contribution in [2.24, 2.45) is 0 Å². The highest BCUT2D eigenvalue weighted by molar-refractivity contribution is 9.10. The number of ether oxygens (including phenoxy) is 2. The molecular formula is C20H15BrN2O4S2. The maximum absolute atomic E-state index is 12.4. The van der Waals surface area contributed by atoms with Crippen LogP contribution in [0.2, 0.25) is 0 Å². The van der Waals surface area contributed by atoms with Crippen molar-refractivity contribution in [2.45, 2.75) is 10.8 Å². The van der Waals surface area contributed by atoms with Gasteiger partial charge in [-0.2, -0.15) is 0 Å². The van der Waals surface area contributed by atoms with Crippen LogP contribution in [-0.2, 0) is 11.2 Å². The number of halogens is 1. The van der Waals surface area contributed by atoms with Gasteiger partial charge in [0.2, 0.25) is 12.7 Å². The van der Waals surface area contributed by atoms with E-state index < -0.39 is 0 Å². The molecule has 3 aromatic rings. The SMILES string of the molecule is O=C(Cc1csc(SCC(=O)c2ccc3c(c2)OCO3)n1)Nc1ccc(Br)cc1. The fourth-order valence-corrected chi connectivity index (χ4v) is 4.62. The second-order valence-electron chi connectivity index (χ2n) is 6.12. The molecule has 0 aliphatic carbocycles. The number of fused-ring (bicyclic) bond motifs is 1. The summed E-state index contributed by atoms with van der Waals surface area (Å²) < 4.78 is 12.3. The Hall–Kier alpha value is -2.36. The number of hydrogen-bond acceptors (Lipinski definition) is 7. The summed E-state index contributed by atoms with van der Waals surface area (Å²) in [5.41, 5.74) is 1.99. The van der Waals surface area contributed by atoms with Crippen LogP contribution in [0, 0.1) is 0 Å². The van der Waals surface area contributed by atoms with Crippen LogP contribution in [0.15, 0.2) is 56.7 Å². The predicted molar refractivity (Wildman–Crippen MR) is 116 cm³/mol. The summed E-state index contributed by atoms with van der Waals surface area (Å²) in [6, 6.07) is 12.6. The highest BCUT2D eigenvalue weighted by Gasteiger charge is 2.17. The number of carbonyl (C=O) groups excluding carboxylic acids is 2. The van der Waals surface area contributed by atoms with Crippen LogP contribution < -0.4 is 14.8 Å². The quantitative estimate of drug-likeness (QED) is 0.378. The van der Waals surface area contributed by atoms with Gasteiger partial charge in [0.25, 0.3) is 0 Å². The molecule has 2 aromatic carbocycles. The number of carbonyl (C=O) groups is 2. The third kappa shape index (κ3) is 5.17. The monoisotopic (exact) mass is 490 g/mol. The Kier molecular flexibility index (Phi) is 6.17. The minimum atomic E-state index is -0.134. The minimum absolute atomic E-state index is 0.0157. The van der Waals surface area contributed by atoms with Crippen LogP contribution in [0.1, 0.15) is 16.1 Å². The summed E-state index contributed by atoms with van der Waals surface area (Å²) in [6.45, 7) is 0.180. The highest BCUT2D eigenvalue weighted by Crippen LogP contribution is 2.33. The Bertz CT molecular complexity index is 1050. The molecule has 1 aliphatic heterocycles. The lowest BCUT2D eigenvalue weighted by molar-refractivity contribution is -0.115. The van der Waals surface area contributed by atoms with Crippen molar-refractivity contribution >= 4 is 56.4 Å². The van der Waals surface area contributed by atoms with Crippen molar-refractivity contribution in [1.29, 1.82) is 0 Å². The second kappa shape index (κ2) is 8.98. The molecule has 0 unspecified atom stereocenters. The van der Waals surface area contributed by atoms with E-state index in [4.69, 9.17) is 9.47 Å². The smallest absolute Gasteiger partial charge is 0.231 e. The van der Waals surface area contributed by atoms with Crippen molar-refractivity contribution in [1.82, 2.24) is 4.98 Å². The van der Waals surface area contributed by atoms with Crippen LogP contribution >= 0.6 is 39.0 Å². The van der Waals surface area contributed by atoms with Gasteiger partial charge in [0.1, 0.15) is 0 Å². The van der Waals surface area contributed by atoms with Gasteiger partial charge in [0.05, 0.1) is 17.9 Å². The standard InChI is InChI=1S/C20H15BrN2O4S2/c21-13-2-4-14(5-3-13)22-19(25)8-15-9-28-20(23-15)29-10-16(24)12-1-6-17-18(7-12)27-11-26-17/h1-7,9H,8,10-11H2,(H,22,25). The number of nitrogens with zero attached hydrogens (tertiary/aromatic N) is 1. The molecule has 0 saturated heterocycles. The molecule has 0 saturated carbocycles. The molecule has 0 bridgehead atoms. The molecule has 29 heavy (non-hydrogen) atoms. The van der Waals surface area contributed by atoms with E-state index in [1.807, 2.05) is 29.6 Å². The van der Waals surface area contributed by atoms with Crippen molar-refractivity contribution in [3.63, 3.8) is 0 Å². The predicted octanol–water partition coefficient (Wildman–Crippen LogP) is 4.79. The topological polar surface area (TPSA) is 77.5 Å². The van der Waals surface area contributed by atoms with Crippen molar-refractivity contribution in [3.05, 3.63) is 63.6 Å². The third-order valence-corrected chi connectivity index (χ3v) is 6.62. The van der Waals surface area contributed by atoms with Gasteiger partial charge in [-0.3, -0.25) is 9.59 Å². The first-order chi connectivity index (χ1) is 14.1. The van der Waals surface area contributed by atoms with Crippen molar-refractivity contribution < 1.29 is 19.1 Å². The van der Waals surface area contributed by atoms with E-state index in [1.165, 1.54) is 23.1 Å². The van der Waals surface area contributed by atoms with Gasteiger partial charge in [-0.1, -0.05) is 27.7 Å². The molecular weight excluding hydrogens is 476 g/mol. The lowest BCUT2D eigenvalue weighted by Gasteiger charge is -2.04. The van der Waals surface area contributed by atoms with E-state index in [-0.39, 0.29) is 30.7 Å². The summed E-state index contributed by atoms with van der Waals surface area (Å²) >= 11 is 6.15. The number of amides is 1. The molecule has 148 valence electrons. The van der Waals surface area contributed by atoms with E-state index in [1.54, 1.807) is 18.2 Å². The summed E-state index contributed by atoms with van der Waals surface area (Å²) in [6.07, 6.45) is 0.184. The van der Waals surface area contributed by atoms with Gasteiger partial charge in [-0.25, -0.2) is 4.98 Å². The Morgan fingerprint density at radius 3 is 2.76 bits per heavy atom. The first-order valence-corrected chi connectivity index (χ1v) is 11.3. The molecule has 0 radical (unpaired) electrons. The second-order valence-corrected chi connectivity index (χ2v) is 9.11. The number of nitrogens with one attached hydrogen (secondary N) is 1. The molecule has 0 spiro atoms. The maximum atomic E-state index is 12.4. The lowest BCUT2D eigenvalue weighted by atomic mass is 10.1. The number of aromatic nitrogens is 1. The molecule has 1 aliphatic rings. The highest BCUT2D eigenvalue weighted by atomic mass is 79.9. The molecule has 1 aromatic heterocycles. The number of anilines is 1. The average Bonchev–Trinajstić information content (AvgIpc) is 3.36. The summed E-state index contributed by atoms with van der Waals surface area (Å²) in [5.74, 6) is 1.36. The van der Waals surface area contributed by atoms with Gasteiger partial charge in [0, 0.05) is 21.1 Å². The van der Waals surface area contributed by atoms with E-state index >= 15 is 0 Å². The van der Waals surface area contributed by atoms with E-state index in [9.17, 15) is 9.59 Å². The Morgan fingerprint density at radius 2 is 1.93 bits per heavy atom. The molecule has 1 amide bonds. The van der Waals surface area contributed by atoms with E-state index in [0.717, 1.165) is 14.5 Å². The fourth-order valence-electron chi connectivity index (χ4n) is 2.62. The molecule has 9 heteroatoms. The van der Waals surface area contributed by atoms with Gasteiger partial charge in [-0.05, 0) is 42.5 Å². The lowest BCUT2D eigenvalue weighted by Crippen LogP contribution is -2.14. The zero-order valence-corrected chi connectivity index (χ0v) is 18.2. The Labute approximate surface area is 183 Å². The zero-order valence-electron chi connectivity index (χ0n) is 15.0. The maximum Gasteiger partial charge on any atom is 0.231 e. The molecule has 0 atom stereocenters. The number of rotatable bonds is 7. The number of thioether (sulfide) groups is 1. The van der Waals surface area contributed by atoms with Crippen molar-refractivity contribution in [2.75, 3.05) is 17.9 Å². The number of benzene rings is 2. The van der Waals surface area contributed by atoms with Gasteiger partial charge < -0.3 is 14.8 Å². The van der Waals surface area contributed by atoms with Gasteiger partial charge in [0.15, 0.2) is 21.6 Å². The fraction of sp³-hybridized carbons (Fsp3) is 0.150. The van der Waals surface area contributed by atoms with E-state index in [0.29, 0.717) is 22.8 Å². The van der Waals surface area contributed by atoms with E-state index in [2.05, 4.69) is 26.2 Å². The summed E-state index contributed by atoms with van der Waals surface area (Å²) in [7, 11) is 0. The Balaban J connectivity index is 1.29. The van der Waals surface area contributed by atoms with Crippen LogP contribution in [0.3, 0.4) is 0 Å². The van der Waals surface area contributed by atoms with Crippen LogP contribution in [0.5, 0.6) is 11.5 Å². The summed E-state index contributed by atoms with van der Waals surface area (Å²) in [5, 5.41) is 4.68. The molecule has 2 heterocycles. The van der Waals surface area contributed by atoms with Crippen LogP contribution in [-0.4, -0.2) is 29.2 Å². The third-order valence-electron chi connectivity index (χ3n) is 4.02. The van der Waals surface area contributed by atoms with Gasteiger partial charge >= 0.3 is 0 Å². The average molecular weight is 491 g/mol. The van der Waals surface area contributed by atoms with Crippen molar-refractivity contribution in [3.8, 4) is 11.5 Å². The number of thiazole rings is 1. The normalized spacial score (nSPS) is 12.0. The van der Waals surface area contributed by atoms with Crippen LogP contribution in [0.25, 0.3) is 0 Å². The molecule has 4 rings (SSSR count). The molecule has 0 fully saturated rings. The Morgan fingerprint density at radius 1 is 1.14 bits per heavy atom. The minimum Gasteiger partial charge on any atom is -0.454 e. The number of ketones is 1. The van der Waals surface area contributed by atoms with Crippen LogP contribution in [0.4, 0.5) is 5.69 Å². The molecule has 1 N–H and O–H groups in total. The number of Topliss-reactive ketones (excluding diaryl/α,β-unsaturated/α-hetero) is 1. The summed E-state index contributed by atoms with van der Waals surface area (Å²) in [4.78, 5) is 29.0.